The van der Waals surface area contributed by atoms with Gasteiger partial charge < -0.3 is 5.73 Å². The van der Waals surface area contributed by atoms with Gasteiger partial charge in [-0.1, -0.05) is 27.2 Å². The zero-order valence-electron chi connectivity index (χ0n) is 12.2. The molecule has 112 valence electrons. The van der Waals surface area contributed by atoms with Gasteiger partial charge in [-0.25, -0.2) is 8.78 Å². The van der Waals surface area contributed by atoms with Crippen LogP contribution in [0.3, 0.4) is 0 Å². The number of nitrogens with two attached hydrogens (primary N) is 1. The SMILES string of the molecule is CC1CCC(C(C)C)C(N)(c2c(F)ccc(Br)c2F)C1. The highest BCUT2D eigenvalue weighted by atomic mass is 79.9. The molecule has 0 heterocycles. The molecule has 1 aromatic carbocycles. The van der Waals surface area contributed by atoms with E-state index in [4.69, 9.17) is 5.73 Å². The van der Waals surface area contributed by atoms with Gasteiger partial charge in [-0.15, -0.1) is 0 Å². The van der Waals surface area contributed by atoms with E-state index in [1.165, 1.54) is 12.1 Å². The zero-order valence-corrected chi connectivity index (χ0v) is 13.8. The Hall–Kier alpha value is -0.480. The van der Waals surface area contributed by atoms with Gasteiger partial charge in [-0.2, -0.15) is 0 Å². The monoisotopic (exact) mass is 345 g/mol. The molecule has 0 aliphatic heterocycles. The van der Waals surface area contributed by atoms with Gasteiger partial charge in [0, 0.05) is 5.56 Å². The largest absolute Gasteiger partial charge is 0.321 e. The molecule has 0 bridgehead atoms. The molecule has 0 aromatic heterocycles. The Labute approximate surface area is 128 Å². The molecule has 1 aliphatic rings. The van der Waals surface area contributed by atoms with E-state index in [2.05, 4.69) is 36.7 Å². The summed E-state index contributed by atoms with van der Waals surface area (Å²) < 4.78 is 29.0. The van der Waals surface area contributed by atoms with Crippen LogP contribution in [-0.4, -0.2) is 0 Å². The molecule has 0 amide bonds. The van der Waals surface area contributed by atoms with Gasteiger partial charge in [-0.05, 0) is 58.7 Å². The normalized spacial score (nSPS) is 30.8. The molecule has 0 saturated heterocycles. The Morgan fingerprint density at radius 1 is 1.30 bits per heavy atom. The third kappa shape index (κ3) is 2.64. The highest BCUT2D eigenvalue weighted by Crippen LogP contribution is 2.47. The lowest BCUT2D eigenvalue weighted by Crippen LogP contribution is -2.51. The topological polar surface area (TPSA) is 26.0 Å². The van der Waals surface area contributed by atoms with Crippen molar-refractivity contribution >= 4 is 15.9 Å². The predicted molar refractivity (Wildman–Crippen MR) is 81.3 cm³/mol. The fraction of sp³-hybridized carbons (Fsp3) is 0.625. The van der Waals surface area contributed by atoms with Gasteiger partial charge in [0.05, 0.1) is 10.0 Å². The molecule has 1 saturated carbocycles. The molecule has 1 aliphatic carbocycles. The van der Waals surface area contributed by atoms with Crippen molar-refractivity contribution in [2.45, 2.75) is 45.6 Å². The first kappa shape index (κ1) is 15.9. The van der Waals surface area contributed by atoms with Crippen LogP contribution in [0.4, 0.5) is 8.78 Å². The first-order chi connectivity index (χ1) is 9.27. The van der Waals surface area contributed by atoms with Crippen LogP contribution >= 0.6 is 15.9 Å². The minimum absolute atomic E-state index is 0.0529. The highest BCUT2D eigenvalue weighted by Gasteiger charge is 2.45. The van der Waals surface area contributed by atoms with E-state index in [1.807, 2.05) is 0 Å². The van der Waals surface area contributed by atoms with E-state index in [9.17, 15) is 8.78 Å². The summed E-state index contributed by atoms with van der Waals surface area (Å²) in [5, 5.41) is 0. The Kier molecular flexibility index (Phi) is 4.55. The number of halogens is 3. The summed E-state index contributed by atoms with van der Waals surface area (Å²) in [6.07, 6.45) is 2.61. The molecule has 1 nitrogen and oxygen atoms in total. The summed E-state index contributed by atoms with van der Waals surface area (Å²) in [4.78, 5) is 0. The van der Waals surface area contributed by atoms with Crippen molar-refractivity contribution in [1.82, 2.24) is 0 Å². The lowest BCUT2D eigenvalue weighted by Gasteiger charge is -2.46. The first-order valence-corrected chi connectivity index (χ1v) is 7.99. The lowest BCUT2D eigenvalue weighted by atomic mass is 9.62. The van der Waals surface area contributed by atoms with Crippen molar-refractivity contribution in [2.75, 3.05) is 0 Å². The molecule has 1 fully saturated rings. The smallest absolute Gasteiger partial charge is 0.145 e. The van der Waals surface area contributed by atoms with Gasteiger partial charge in [0.15, 0.2) is 0 Å². The standard InChI is InChI=1S/C16H22BrF2N/c1-9(2)11-5-4-10(3)8-16(11,20)14-13(18)7-6-12(17)15(14)19/h6-7,9-11H,4-5,8,20H2,1-3H3. The third-order valence-corrected chi connectivity index (χ3v) is 5.24. The minimum atomic E-state index is -0.927. The Balaban J connectivity index is 2.59. The van der Waals surface area contributed by atoms with E-state index < -0.39 is 17.2 Å². The Morgan fingerprint density at radius 2 is 1.95 bits per heavy atom. The minimum Gasteiger partial charge on any atom is -0.321 e. The third-order valence-electron chi connectivity index (χ3n) is 4.63. The lowest BCUT2D eigenvalue weighted by molar-refractivity contribution is 0.101. The van der Waals surface area contributed by atoms with Crippen molar-refractivity contribution in [3.63, 3.8) is 0 Å². The Bertz CT molecular complexity index is 503. The maximum absolute atomic E-state index is 14.5. The maximum atomic E-state index is 14.5. The van der Waals surface area contributed by atoms with Gasteiger partial charge >= 0.3 is 0 Å². The fourth-order valence-corrected chi connectivity index (χ4v) is 4.05. The molecule has 0 spiro atoms. The average Bonchev–Trinajstić information content (AvgIpc) is 2.33. The van der Waals surface area contributed by atoms with Crippen LogP contribution in [0, 0.1) is 29.4 Å². The summed E-state index contributed by atoms with van der Waals surface area (Å²) in [5.41, 5.74) is 5.71. The summed E-state index contributed by atoms with van der Waals surface area (Å²) in [6.45, 7) is 6.26. The van der Waals surface area contributed by atoms with E-state index in [-0.39, 0.29) is 16.0 Å². The van der Waals surface area contributed by atoms with Crippen LogP contribution in [0.25, 0.3) is 0 Å². The van der Waals surface area contributed by atoms with Crippen molar-refractivity contribution in [3.8, 4) is 0 Å². The molecule has 3 atom stereocenters. The molecular weight excluding hydrogens is 324 g/mol. The highest BCUT2D eigenvalue weighted by molar-refractivity contribution is 9.10. The number of hydrogen-bond donors (Lipinski definition) is 1. The van der Waals surface area contributed by atoms with Gasteiger partial charge in [0.2, 0.25) is 0 Å². The van der Waals surface area contributed by atoms with Crippen molar-refractivity contribution in [2.24, 2.45) is 23.5 Å². The molecule has 3 unspecified atom stereocenters. The molecule has 1 aromatic rings. The van der Waals surface area contributed by atoms with E-state index >= 15 is 0 Å². The second kappa shape index (κ2) is 5.72. The quantitative estimate of drug-likeness (QED) is 0.752. The molecule has 0 radical (unpaired) electrons. The van der Waals surface area contributed by atoms with Gasteiger partial charge in [0.1, 0.15) is 11.6 Å². The van der Waals surface area contributed by atoms with Gasteiger partial charge in [0.25, 0.3) is 0 Å². The number of hydrogen-bond acceptors (Lipinski definition) is 1. The molecular formula is C16H22BrF2N. The van der Waals surface area contributed by atoms with Crippen LogP contribution in [0.1, 0.15) is 45.6 Å². The molecule has 2 N–H and O–H groups in total. The van der Waals surface area contributed by atoms with Crippen molar-refractivity contribution < 1.29 is 8.78 Å². The van der Waals surface area contributed by atoms with Crippen LogP contribution in [0.2, 0.25) is 0 Å². The van der Waals surface area contributed by atoms with E-state index in [0.717, 1.165) is 12.8 Å². The molecule has 4 heteroatoms. The van der Waals surface area contributed by atoms with Crippen LogP contribution < -0.4 is 5.73 Å². The zero-order chi connectivity index (χ0) is 15.1. The fourth-order valence-electron chi connectivity index (χ4n) is 3.72. The van der Waals surface area contributed by atoms with Gasteiger partial charge in [-0.3, -0.25) is 0 Å². The van der Waals surface area contributed by atoms with Crippen LogP contribution in [0.5, 0.6) is 0 Å². The summed E-state index contributed by atoms with van der Waals surface area (Å²) in [6, 6.07) is 2.70. The number of rotatable bonds is 2. The first-order valence-electron chi connectivity index (χ1n) is 7.20. The van der Waals surface area contributed by atoms with E-state index in [0.29, 0.717) is 18.3 Å². The number of benzene rings is 1. The average molecular weight is 346 g/mol. The maximum Gasteiger partial charge on any atom is 0.145 e. The van der Waals surface area contributed by atoms with Crippen molar-refractivity contribution in [3.05, 3.63) is 33.8 Å². The van der Waals surface area contributed by atoms with E-state index in [1.54, 1.807) is 0 Å². The second-order valence-electron chi connectivity index (χ2n) is 6.50. The molecule has 2 rings (SSSR count). The summed E-state index contributed by atoms with van der Waals surface area (Å²) in [7, 11) is 0. The second-order valence-corrected chi connectivity index (χ2v) is 7.35. The Morgan fingerprint density at radius 3 is 2.55 bits per heavy atom. The predicted octanol–water partition coefficient (Wildman–Crippen LogP) is 4.97. The molecule has 20 heavy (non-hydrogen) atoms. The van der Waals surface area contributed by atoms with Crippen LogP contribution in [-0.2, 0) is 5.54 Å². The summed E-state index contributed by atoms with van der Waals surface area (Å²) in [5.74, 6) is -0.310. The van der Waals surface area contributed by atoms with Crippen molar-refractivity contribution in [1.29, 1.82) is 0 Å². The summed E-state index contributed by atoms with van der Waals surface area (Å²) >= 11 is 3.15. The van der Waals surface area contributed by atoms with Crippen LogP contribution in [0.15, 0.2) is 16.6 Å².